The van der Waals surface area contributed by atoms with Gasteiger partial charge in [-0.15, -0.1) is 0 Å². The number of ether oxygens (including phenoxy) is 1. The van der Waals surface area contributed by atoms with Crippen LogP contribution in [-0.2, 0) is 18.1 Å². The standard InChI is InChI=1S/C12H8Cl2O5S2.C10H18O2/c13-20(15,16)11-5-1-9(2-6-11)19-10-3-7-12(8-4-10)21(14,17)18;1-9(2)6-4-7(9)10(3,12)8(11)5-6/h1-8H;6-8,11-12H,4-5H2,1-3H3. The first kappa shape index (κ1) is 26.2. The van der Waals surface area contributed by atoms with Crippen LogP contribution in [0, 0.1) is 17.3 Å². The van der Waals surface area contributed by atoms with Gasteiger partial charge in [0.15, 0.2) is 0 Å². The smallest absolute Gasteiger partial charge is 0.261 e. The van der Waals surface area contributed by atoms with E-state index in [1.165, 1.54) is 48.5 Å². The van der Waals surface area contributed by atoms with Crippen molar-refractivity contribution < 1.29 is 31.8 Å². The molecule has 7 nitrogen and oxygen atoms in total. The van der Waals surface area contributed by atoms with E-state index < -0.39 is 29.8 Å². The van der Waals surface area contributed by atoms with Crippen LogP contribution in [0.4, 0.5) is 0 Å². The van der Waals surface area contributed by atoms with Gasteiger partial charge in [-0.1, -0.05) is 13.8 Å². The molecule has 33 heavy (non-hydrogen) atoms. The van der Waals surface area contributed by atoms with Crippen LogP contribution in [0.1, 0.15) is 33.6 Å². The Morgan fingerprint density at radius 3 is 1.48 bits per heavy atom. The lowest BCUT2D eigenvalue weighted by atomic mass is 9.43. The summed E-state index contributed by atoms with van der Waals surface area (Å²) in [4.78, 5) is -0.0832. The predicted octanol–water partition coefficient (Wildman–Crippen LogP) is 4.50. The van der Waals surface area contributed by atoms with Crippen LogP contribution in [0.25, 0.3) is 0 Å². The Hall–Kier alpha value is -1.36. The molecule has 0 spiro atoms. The second kappa shape index (κ2) is 9.02. The summed E-state index contributed by atoms with van der Waals surface area (Å²) in [5, 5.41) is 19.7. The highest BCUT2D eigenvalue weighted by atomic mass is 35.7. The van der Waals surface area contributed by atoms with Crippen molar-refractivity contribution in [1.82, 2.24) is 0 Å². The Labute approximate surface area is 203 Å². The number of fused-ring (bicyclic) bond motifs is 2. The van der Waals surface area contributed by atoms with Gasteiger partial charge in [0.05, 0.1) is 21.5 Å². The van der Waals surface area contributed by atoms with E-state index >= 15 is 0 Å². The van der Waals surface area contributed by atoms with Crippen molar-refractivity contribution in [3.05, 3.63) is 48.5 Å². The molecule has 0 aromatic heterocycles. The molecule has 3 aliphatic carbocycles. The zero-order valence-electron chi connectivity index (χ0n) is 18.3. The normalized spacial score (nSPS) is 28.2. The minimum absolute atomic E-state index is 0.0416. The summed E-state index contributed by atoms with van der Waals surface area (Å²) in [6.07, 6.45) is 1.36. The molecule has 3 saturated carbocycles. The summed E-state index contributed by atoms with van der Waals surface area (Å²) < 4.78 is 49.8. The third kappa shape index (κ3) is 5.66. The molecule has 0 heterocycles. The van der Waals surface area contributed by atoms with Crippen LogP contribution in [0.3, 0.4) is 0 Å². The van der Waals surface area contributed by atoms with Crippen LogP contribution >= 0.6 is 21.4 Å². The highest BCUT2D eigenvalue weighted by Gasteiger charge is 2.62. The quantitative estimate of drug-likeness (QED) is 0.552. The minimum atomic E-state index is -3.78. The van der Waals surface area contributed by atoms with E-state index in [9.17, 15) is 27.0 Å². The third-order valence-corrected chi connectivity index (χ3v) is 9.54. The fraction of sp³-hybridized carbons (Fsp3) is 0.455. The summed E-state index contributed by atoms with van der Waals surface area (Å²) in [6, 6.07) is 10.9. The summed E-state index contributed by atoms with van der Waals surface area (Å²) >= 11 is 0. The Kier molecular flexibility index (Phi) is 7.17. The highest BCUT2D eigenvalue weighted by Crippen LogP contribution is 2.62. The number of benzene rings is 2. The van der Waals surface area contributed by atoms with Gasteiger partial charge in [0, 0.05) is 21.4 Å². The van der Waals surface area contributed by atoms with Crippen molar-refractivity contribution in [2.75, 3.05) is 0 Å². The van der Waals surface area contributed by atoms with E-state index in [1.54, 1.807) is 6.92 Å². The first-order valence-electron chi connectivity index (χ1n) is 10.2. The molecular formula is C22H26Cl2O7S2. The molecule has 3 aliphatic rings. The van der Waals surface area contributed by atoms with Crippen molar-refractivity contribution >= 4 is 39.5 Å². The molecule has 2 aromatic carbocycles. The molecule has 5 rings (SSSR count). The van der Waals surface area contributed by atoms with Gasteiger partial charge in [-0.2, -0.15) is 0 Å². The van der Waals surface area contributed by atoms with Crippen LogP contribution in [0.5, 0.6) is 11.5 Å². The topological polar surface area (TPSA) is 118 Å². The molecule has 182 valence electrons. The average Bonchev–Trinajstić information content (AvgIpc) is 2.69. The summed E-state index contributed by atoms with van der Waals surface area (Å²) in [5.74, 6) is 1.66. The summed E-state index contributed by atoms with van der Waals surface area (Å²) in [7, 11) is 2.83. The second-order valence-electron chi connectivity index (χ2n) is 9.20. The molecule has 0 radical (unpaired) electrons. The van der Waals surface area contributed by atoms with Gasteiger partial charge in [-0.05, 0) is 85.5 Å². The maximum atomic E-state index is 11.1. The number of halogens is 2. The second-order valence-corrected chi connectivity index (χ2v) is 14.3. The van der Waals surface area contributed by atoms with Gasteiger partial charge in [0.1, 0.15) is 11.5 Å². The predicted molar refractivity (Wildman–Crippen MR) is 126 cm³/mol. The van der Waals surface area contributed by atoms with E-state index in [0.717, 1.165) is 12.8 Å². The lowest BCUT2D eigenvalue weighted by Gasteiger charge is -2.64. The number of hydrogen-bond acceptors (Lipinski definition) is 7. The lowest BCUT2D eigenvalue weighted by Crippen LogP contribution is -2.66. The Morgan fingerprint density at radius 2 is 1.21 bits per heavy atom. The highest BCUT2D eigenvalue weighted by molar-refractivity contribution is 8.14. The van der Waals surface area contributed by atoms with Gasteiger partial charge in [0.2, 0.25) is 0 Å². The molecule has 4 atom stereocenters. The molecule has 2 aromatic rings. The zero-order chi connectivity index (χ0) is 24.8. The monoisotopic (exact) mass is 536 g/mol. The molecule has 11 heteroatoms. The zero-order valence-corrected chi connectivity index (χ0v) is 21.4. The fourth-order valence-corrected chi connectivity index (χ4v) is 6.16. The molecular weight excluding hydrogens is 511 g/mol. The minimum Gasteiger partial charge on any atom is -0.457 e. The molecule has 0 saturated heterocycles. The van der Waals surface area contributed by atoms with Crippen molar-refractivity contribution in [2.45, 2.75) is 55.1 Å². The molecule has 0 amide bonds. The molecule has 0 aliphatic heterocycles. The van der Waals surface area contributed by atoms with Crippen LogP contribution in [0.15, 0.2) is 58.3 Å². The Bertz CT molecular complexity index is 1130. The van der Waals surface area contributed by atoms with E-state index in [2.05, 4.69) is 13.8 Å². The van der Waals surface area contributed by atoms with Crippen molar-refractivity contribution in [2.24, 2.45) is 17.3 Å². The van der Waals surface area contributed by atoms with Crippen molar-refractivity contribution in [3.63, 3.8) is 0 Å². The Morgan fingerprint density at radius 1 is 0.818 bits per heavy atom. The van der Waals surface area contributed by atoms with Crippen molar-refractivity contribution in [3.8, 4) is 11.5 Å². The van der Waals surface area contributed by atoms with Crippen LogP contribution in [-0.4, -0.2) is 38.8 Å². The largest absolute Gasteiger partial charge is 0.457 e. The number of hydrogen-bond donors (Lipinski definition) is 2. The number of aliphatic hydroxyl groups excluding tert-OH is 1. The number of rotatable bonds is 4. The van der Waals surface area contributed by atoms with E-state index in [-0.39, 0.29) is 15.2 Å². The van der Waals surface area contributed by atoms with E-state index in [4.69, 9.17) is 26.1 Å². The van der Waals surface area contributed by atoms with Gasteiger partial charge in [-0.25, -0.2) is 16.8 Å². The first-order valence-corrected chi connectivity index (χ1v) is 14.8. The molecule has 3 fully saturated rings. The van der Waals surface area contributed by atoms with Gasteiger partial charge >= 0.3 is 0 Å². The maximum absolute atomic E-state index is 11.1. The SMILES string of the molecule is CC1(C)C2CC(O)C(C)(O)C1C2.O=S(=O)(Cl)c1ccc(Oc2ccc(S(=O)(=O)Cl)cc2)cc1. The summed E-state index contributed by atoms with van der Waals surface area (Å²) in [5.41, 5.74) is -0.610. The average molecular weight is 537 g/mol. The maximum Gasteiger partial charge on any atom is 0.261 e. The van der Waals surface area contributed by atoms with Crippen LogP contribution in [0.2, 0.25) is 0 Å². The fourth-order valence-electron chi connectivity index (χ4n) is 4.62. The van der Waals surface area contributed by atoms with Crippen LogP contribution < -0.4 is 4.74 Å². The van der Waals surface area contributed by atoms with Gasteiger partial charge < -0.3 is 14.9 Å². The lowest BCUT2D eigenvalue weighted by molar-refractivity contribution is -0.245. The first-order chi connectivity index (χ1) is 15.0. The summed E-state index contributed by atoms with van der Waals surface area (Å²) in [6.45, 7) is 6.18. The van der Waals surface area contributed by atoms with Crippen molar-refractivity contribution in [1.29, 1.82) is 0 Å². The molecule has 4 unspecified atom stereocenters. The van der Waals surface area contributed by atoms with Gasteiger partial charge in [0.25, 0.3) is 18.1 Å². The third-order valence-electron chi connectivity index (χ3n) is 6.80. The molecule has 2 N–H and O–H groups in total. The van der Waals surface area contributed by atoms with E-state index in [1.807, 2.05) is 0 Å². The van der Waals surface area contributed by atoms with E-state index in [0.29, 0.717) is 23.3 Å². The molecule has 2 bridgehead atoms. The Balaban J connectivity index is 0.000000215. The van der Waals surface area contributed by atoms with Gasteiger partial charge in [-0.3, -0.25) is 0 Å². The number of aliphatic hydroxyl groups is 2.